The Labute approximate surface area is 146 Å². The van der Waals surface area contributed by atoms with Crippen LogP contribution >= 0.6 is 0 Å². The Bertz CT molecular complexity index is 618. The molecule has 1 aromatic heterocycles. The van der Waals surface area contributed by atoms with Crippen LogP contribution in [-0.2, 0) is 11.3 Å². The molecule has 1 saturated heterocycles. The number of hydrogen-bond acceptors (Lipinski definition) is 4. The molecule has 6 heteroatoms. The molecule has 0 saturated carbocycles. The second-order valence-electron chi connectivity index (χ2n) is 6.00. The van der Waals surface area contributed by atoms with E-state index in [-0.39, 0.29) is 18.6 Å². The Morgan fingerprint density at radius 1 is 1.45 bits per heavy atom. The van der Waals surface area contributed by atoms with E-state index in [1.807, 2.05) is 4.68 Å². The Hall–Kier alpha value is -0.798. The molecule has 114 valence electrons. The van der Waals surface area contributed by atoms with Crippen LogP contribution in [0, 0.1) is 12.8 Å². The maximum absolute atomic E-state index is 9.51. The van der Waals surface area contributed by atoms with Crippen molar-refractivity contribution in [2.75, 3.05) is 13.2 Å². The summed E-state index contributed by atoms with van der Waals surface area (Å²) in [4.78, 5) is 4.01. The monoisotopic (exact) mass is 491 g/mol. The number of nitrogens with zero attached hydrogens (tertiary/aromatic N) is 3. The predicted molar refractivity (Wildman–Crippen MR) is 84.3 cm³/mol. The van der Waals surface area contributed by atoms with Crippen molar-refractivity contribution in [1.82, 2.24) is 14.8 Å². The van der Waals surface area contributed by atoms with Gasteiger partial charge in [-0.05, 0) is 0 Å². The predicted octanol–water partition coefficient (Wildman–Crippen LogP) is 0.562. The first-order valence-corrected chi connectivity index (χ1v) is 9.82. The van der Waals surface area contributed by atoms with Gasteiger partial charge in [0.15, 0.2) is 0 Å². The van der Waals surface area contributed by atoms with Crippen molar-refractivity contribution in [3.63, 3.8) is 0 Å². The Morgan fingerprint density at radius 3 is 3.00 bits per heavy atom. The van der Waals surface area contributed by atoms with E-state index in [9.17, 15) is 5.11 Å². The summed E-state index contributed by atoms with van der Waals surface area (Å²) in [6, 6.07) is 6.75. The van der Waals surface area contributed by atoms with Gasteiger partial charge in [0.25, 0.3) is 0 Å². The second-order valence-corrected chi connectivity index (χ2v) is 8.59. The van der Waals surface area contributed by atoms with Gasteiger partial charge in [-0.25, -0.2) is 0 Å². The molecule has 1 N–H and O–H groups in total. The number of aryl methyl sites for hydroxylation is 1. The van der Waals surface area contributed by atoms with E-state index in [0.29, 0.717) is 19.1 Å². The zero-order chi connectivity index (χ0) is 15.5. The first-order chi connectivity index (χ1) is 10.7. The van der Waals surface area contributed by atoms with Crippen LogP contribution in [0.2, 0.25) is 0 Å². The summed E-state index contributed by atoms with van der Waals surface area (Å²) in [6.45, 7) is 3.68. The van der Waals surface area contributed by atoms with Gasteiger partial charge in [0, 0.05) is 0 Å². The topological polar surface area (TPSA) is 60.2 Å². The second kappa shape index (κ2) is 7.18. The van der Waals surface area contributed by atoms with Crippen molar-refractivity contribution in [3.05, 3.63) is 42.0 Å². The number of rotatable bonds is 4. The molecule has 22 heavy (non-hydrogen) atoms. The quantitative estimate of drug-likeness (QED) is 0.637. The van der Waals surface area contributed by atoms with E-state index >= 15 is 0 Å². The van der Waals surface area contributed by atoms with E-state index < -0.39 is 0 Å². The summed E-state index contributed by atoms with van der Waals surface area (Å²) in [7, 11) is 0. The minimum absolute atomic E-state index is 0.0746. The van der Waals surface area contributed by atoms with E-state index in [1.165, 1.54) is 14.2 Å². The summed E-state index contributed by atoms with van der Waals surface area (Å²) >= 11 is 0.858. The van der Waals surface area contributed by atoms with Crippen LogP contribution in [0.3, 0.4) is 0 Å². The van der Waals surface area contributed by atoms with Crippen LogP contribution in [-0.4, -0.2) is 65.0 Å². The fourth-order valence-corrected chi connectivity index (χ4v) is 4.56. The third kappa shape index (κ3) is 3.57. The van der Waals surface area contributed by atoms with Gasteiger partial charge in [0.2, 0.25) is 0 Å². The molecule has 0 bridgehead atoms. The molecule has 1 aliphatic rings. The van der Waals surface area contributed by atoms with Crippen molar-refractivity contribution < 1.29 is 9.84 Å². The Balaban J connectivity index is 1.87. The molecule has 3 rings (SSSR count). The standard InChI is InChI=1S/C16H20N3O2.Tl/c1-12-4-2-3-5-14(12)15-6-13(8-20)9-21-16(15)7-19-11-17-10-18-19;/h3-5,10-11,13,15-16,20H,6-9H2,1H3;/t13-,15+,16-;/m1./s1. The van der Waals surface area contributed by atoms with Gasteiger partial charge >= 0.3 is 147 Å². The van der Waals surface area contributed by atoms with Crippen LogP contribution in [0.4, 0.5) is 0 Å². The van der Waals surface area contributed by atoms with E-state index in [2.05, 4.69) is 35.2 Å². The molecule has 0 unspecified atom stereocenters. The molecule has 2 aromatic rings. The first-order valence-electron chi connectivity index (χ1n) is 7.58. The van der Waals surface area contributed by atoms with Crippen LogP contribution in [0.1, 0.15) is 23.5 Å². The van der Waals surface area contributed by atoms with Gasteiger partial charge in [-0.15, -0.1) is 0 Å². The molecule has 1 aliphatic heterocycles. The fourth-order valence-electron chi connectivity index (χ4n) is 3.22. The molecular formula is C16H20N3O2Tl. The summed E-state index contributed by atoms with van der Waals surface area (Å²) in [5, 5.41) is 13.7. The number of benzene rings is 1. The van der Waals surface area contributed by atoms with Crippen LogP contribution < -0.4 is 3.12 Å². The molecule has 0 aliphatic carbocycles. The zero-order valence-electron chi connectivity index (χ0n) is 12.7. The van der Waals surface area contributed by atoms with E-state index in [1.54, 1.807) is 12.7 Å². The Morgan fingerprint density at radius 2 is 2.32 bits per heavy atom. The van der Waals surface area contributed by atoms with Crippen molar-refractivity contribution in [2.45, 2.75) is 31.9 Å². The van der Waals surface area contributed by atoms with Gasteiger partial charge in [-0.3, -0.25) is 0 Å². The van der Waals surface area contributed by atoms with Gasteiger partial charge in [0.05, 0.1) is 0 Å². The normalized spacial score (nSPS) is 25.2. The number of aromatic nitrogens is 3. The third-order valence-electron chi connectivity index (χ3n) is 4.37. The summed E-state index contributed by atoms with van der Waals surface area (Å²) in [5.41, 5.74) is 2.67. The van der Waals surface area contributed by atoms with Gasteiger partial charge < -0.3 is 0 Å². The fraction of sp³-hybridized carbons (Fsp3) is 0.500. The van der Waals surface area contributed by atoms with Gasteiger partial charge in [-0.1, -0.05) is 0 Å². The number of hydrogen-bond donors (Lipinski definition) is 1. The molecule has 5 nitrogen and oxygen atoms in total. The molecule has 1 fully saturated rings. The average Bonchev–Trinajstić information content (AvgIpc) is 3.01. The molecule has 0 amide bonds. The molecular weight excluding hydrogens is 471 g/mol. The minimum atomic E-state index is 0.0746. The molecule has 1 aromatic carbocycles. The molecule has 3 atom stereocenters. The number of ether oxygens (including phenoxy) is 1. The van der Waals surface area contributed by atoms with Gasteiger partial charge in [0.1, 0.15) is 0 Å². The van der Waals surface area contributed by atoms with Crippen molar-refractivity contribution >= 4 is 28.9 Å². The third-order valence-corrected chi connectivity index (χ3v) is 5.76. The maximum atomic E-state index is 9.51. The number of aliphatic hydroxyl groups is 1. The number of aliphatic hydroxyl groups excluding tert-OH is 1. The molecule has 0 radical (unpaired) electrons. The average molecular weight is 491 g/mol. The summed E-state index contributed by atoms with van der Waals surface area (Å²) < 4.78 is 9.33. The first kappa shape index (κ1) is 16.1. The van der Waals surface area contributed by atoms with E-state index in [4.69, 9.17) is 4.74 Å². The zero-order valence-corrected chi connectivity index (χ0v) is 17.2. The van der Waals surface area contributed by atoms with Crippen LogP contribution in [0.5, 0.6) is 0 Å². The van der Waals surface area contributed by atoms with Crippen molar-refractivity contribution in [3.8, 4) is 0 Å². The Kier molecular flexibility index (Phi) is 5.25. The van der Waals surface area contributed by atoms with Crippen molar-refractivity contribution in [1.29, 1.82) is 0 Å². The molecule has 2 heterocycles. The van der Waals surface area contributed by atoms with Crippen molar-refractivity contribution in [2.24, 2.45) is 5.92 Å². The summed E-state index contributed by atoms with van der Waals surface area (Å²) in [5.74, 6) is 0.509. The molecule has 0 spiro atoms. The van der Waals surface area contributed by atoms with Gasteiger partial charge in [-0.2, -0.15) is 0 Å². The van der Waals surface area contributed by atoms with Crippen LogP contribution in [0.25, 0.3) is 0 Å². The van der Waals surface area contributed by atoms with Crippen LogP contribution in [0.15, 0.2) is 30.9 Å². The SMILES string of the molecule is Cc1c[c]([Tl])ccc1[C@@H]1C[C@H](CO)CO[C@@H]1Cn1cncn1. The van der Waals surface area contributed by atoms with E-state index in [0.717, 1.165) is 32.2 Å². The summed E-state index contributed by atoms with van der Waals surface area (Å²) in [6.07, 6.45) is 4.31.